The number of nitrogens with zero attached hydrogens (tertiary/aromatic N) is 1. The number of hydrogen-bond donors (Lipinski definition) is 2. The molecule has 0 bridgehead atoms. The second kappa shape index (κ2) is 5.57. The molecule has 5 nitrogen and oxygen atoms in total. The molecule has 0 radical (unpaired) electrons. The molecule has 0 aliphatic carbocycles. The van der Waals surface area contributed by atoms with E-state index in [1.165, 1.54) is 5.56 Å². The minimum Gasteiger partial charge on any atom is -0.444 e. The maximum Gasteiger partial charge on any atom is 0.407 e. The van der Waals surface area contributed by atoms with Gasteiger partial charge in [0.15, 0.2) is 0 Å². The summed E-state index contributed by atoms with van der Waals surface area (Å²) in [5, 5.41) is 6.24. The lowest BCUT2D eigenvalue weighted by atomic mass is 9.95. The minimum absolute atomic E-state index is 0.0530. The Balaban J connectivity index is 1.98. The Bertz CT molecular complexity index is 428. The fourth-order valence-electron chi connectivity index (χ4n) is 2.25. The molecule has 0 aromatic carbocycles. The molecule has 5 heteroatoms. The molecule has 1 amide bonds. The smallest absolute Gasteiger partial charge is 0.407 e. The van der Waals surface area contributed by atoms with Crippen molar-refractivity contribution < 1.29 is 9.53 Å². The highest BCUT2D eigenvalue weighted by molar-refractivity contribution is 5.68. The third-order valence-corrected chi connectivity index (χ3v) is 3.05. The average molecular weight is 263 g/mol. The molecule has 0 unspecified atom stereocenters. The lowest BCUT2D eigenvalue weighted by Gasteiger charge is -2.24. The first kappa shape index (κ1) is 13.8. The summed E-state index contributed by atoms with van der Waals surface area (Å²) in [6.07, 6.45) is 3.19. The normalized spacial score (nSPS) is 23.1. The van der Waals surface area contributed by atoms with Crippen molar-refractivity contribution in [2.24, 2.45) is 0 Å². The van der Waals surface area contributed by atoms with Gasteiger partial charge in [-0.2, -0.15) is 0 Å². The van der Waals surface area contributed by atoms with Crippen LogP contribution in [0.15, 0.2) is 24.5 Å². The van der Waals surface area contributed by atoms with Gasteiger partial charge in [0.1, 0.15) is 5.60 Å². The number of carbonyl (C=O) groups is 1. The fraction of sp³-hybridized carbons (Fsp3) is 0.571. The quantitative estimate of drug-likeness (QED) is 0.852. The first-order chi connectivity index (χ1) is 8.96. The van der Waals surface area contributed by atoms with Crippen LogP contribution < -0.4 is 10.6 Å². The van der Waals surface area contributed by atoms with E-state index in [4.69, 9.17) is 4.74 Å². The number of aromatic nitrogens is 1. The van der Waals surface area contributed by atoms with Crippen molar-refractivity contribution in [2.45, 2.75) is 38.3 Å². The number of alkyl carbamates (subject to hydrolysis) is 1. The summed E-state index contributed by atoms with van der Waals surface area (Å²) < 4.78 is 5.29. The van der Waals surface area contributed by atoms with Gasteiger partial charge < -0.3 is 15.4 Å². The lowest BCUT2D eigenvalue weighted by Crippen LogP contribution is -2.42. The van der Waals surface area contributed by atoms with Crippen molar-refractivity contribution in [1.82, 2.24) is 15.6 Å². The van der Waals surface area contributed by atoms with Crippen LogP contribution in [0, 0.1) is 0 Å². The van der Waals surface area contributed by atoms with Crippen LogP contribution in [0.4, 0.5) is 4.79 Å². The summed E-state index contributed by atoms with van der Waals surface area (Å²) in [7, 11) is 0. The Morgan fingerprint density at radius 3 is 2.68 bits per heavy atom. The van der Waals surface area contributed by atoms with Gasteiger partial charge in [0.05, 0.1) is 6.04 Å². The Kier molecular flexibility index (Phi) is 4.04. The van der Waals surface area contributed by atoms with Gasteiger partial charge in [-0.05, 0) is 38.5 Å². The average Bonchev–Trinajstić information content (AvgIpc) is 2.75. The Morgan fingerprint density at radius 2 is 2.05 bits per heavy atom. The van der Waals surface area contributed by atoms with Gasteiger partial charge in [0.2, 0.25) is 0 Å². The molecule has 0 spiro atoms. The highest BCUT2D eigenvalue weighted by Gasteiger charge is 2.30. The lowest BCUT2D eigenvalue weighted by molar-refractivity contribution is 0.0504. The molecule has 2 heterocycles. The van der Waals surface area contributed by atoms with Crippen LogP contribution in [0.1, 0.15) is 32.3 Å². The maximum absolute atomic E-state index is 11.8. The molecule has 0 saturated carbocycles. The van der Waals surface area contributed by atoms with E-state index in [0.717, 1.165) is 13.1 Å². The Morgan fingerprint density at radius 1 is 1.37 bits per heavy atom. The number of pyridine rings is 1. The van der Waals surface area contributed by atoms with E-state index in [2.05, 4.69) is 15.6 Å². The largest absolute Gasteiger partial charge is 0.444 e. The molecule has 1 aromatic rings. The molecule has 2 N–H and O–H groups in total. The molecular weight excluding hydrogens is 242 g/mol. The monoisotopic (exact) mass is 263 g/mol. The number of nitrogens with one attached hydrogen (secondary N) is 2. The molecule has 2 rings (SSSR count). The molecule has 1 aromatic heterocycles. The summed E-state index contributed by atoms with van der Waals surface area (Å²) in [5.41, 5.74) is 0.712. The van der Waals surface area contributed by atoms with E-state index in [9.17, 15) is 4.79 Å². The summed E-state index contributed by atoms with van der Waals surface area (Å²) >= 11 is 0. The first-order valence-electron chi connectivity index (χ1n) is 6.56. The van der Waals surface area contributed by atoms with Gasteiger partial charge in [-0.25, -0.2) is 4.79 Å². The molecule has 19 heavy (non-hydrogen) atoms. The second-order valence-electron chi connectivity index (χ2n) is 5.80. The van der Waals surface area contributed by atoms with Crippen LogP contribution in [-0.4, -0.2) is 35.8 Å². The zero-order valence-electron chi connectivity index (χ0n) is 11.6. The predicted molar refractivity (Wildman–Crippen MR) is 73.0 cm³/mol. The minimum atomic E-state index is -0.470. The van der Waals surface area contributed by atoms with Crippen LogP contribution in [0.2, 0.25) is 0 Å². The van der Waals surface area contributed by atoms with E-state index in [1.807, 2.05) is 32.9 Å². The topological polar surface area (TPSA) is 63.2 Å². The summed E-state index contributed by atoms with van der Waals surface area (Å²) in [4.78, 5) is 15.8. The van der Waals surface area contributed by atoms with E-state index in [-0.39, 0.29) is 18.1 Å². The second-order valence-corrected chi connectivity index (χ2v) is 5.80. The van der Waals surface area contributed by atoms with Gasteiger partial charge in [-0.1, -0.05) is 0 Å². The van der Waals surface area contributed by atoms with Crippen molar-refractivity contribution in [1.29, 1.82) is 0 Å². The third kappa shape index (κ3) is 3.92. The van der Waals surface area contributed by atoms with E-state index >= 15 is 0 Å². The van der Waals surface area contributed by atoms with Gasteiger partial charge in [-0.3, -0.25) is 4.98 Å². The maximum atomic E-state index is 11.8. The zero-order chi connectivity index (χ0) is 13.9. The SMILES string of the molecule is CC(C)(C)OC(=O)N[C@@H]1CNC[C@H]1c1ccncc1. The van der Waals surface area contributed by atoms with E-state index in [0.29, 0.717) is 0 Å². The molecule has 1 saturated heterocycles. The van der Waals surface area contributed by atoms with Crippen molar-refractivity contribution >= 4 is 6.09 Å². The Hall–Kier alpha value is -1.62. The van der Waals surface area contributed by atoms with Gasteiger partial charge in [0.25, 0.3) is 0 Å². The predicted octanol–water partition coefficient (Wildman–Crippen LogP) is 1.66. The summed E-state index contributed by atoms with van der Waals surface area (Å²) in [6.45, 7) is 7.19. The van der Waals surface area contributed by atoms with Crippen molar-refractivity contribution in [3.63, 3.8) is 0 Å². The van der Waals surface area contributed by atoms with Gasteiger partial charge in [-0.15, -0.1) is 0 Å². The van der Waals surface area contributed by atoms with Gasteiger partial charge >= 0.3 is 6.09 Å². The van der Waals surface area contributed by atoms with Crippen LogP contribution in [0.25, 0.3) is 0 Å². The number of hydrogen-bond acceptors (Lipinski definition) is 4. The number of ether oxygens (including phenoxy) is 1. The van der Waals surface area contributed by atoms with Crippen molar-refractivity contribution in [3.8, 4) is 0 Å². The number of amides is 1. The fourth-order valence-corrected chi connectivity index (χ4v) is 2.25. The molecular formula is C14H21N3O2. The van der Waals surface area contributed by atoms with Crippen molar-refractivity contribution in [3.05, 3.63) is 30.1 Å². The van der Waals surface area contributed by atoms with E-state index < -0.39 is 5.60 Å². The molecule has 2 atom stereocenters. The highest BCUT2D eigenvalue weighted by atomic mass is 16.6. The number of carbonyl (C=O) groups excluding carboxylic acids is 1. The molecule has 1 aliphatic heterocycles. The molecule has 104 valence electrons. The van der Waals surface area contributed by atoms with Crippen LogP contribution >= 0.6 is 0 Å². The molecule has 1 fully saturated rings. The first-order valence-corrected chi connectivity index (χ1v) is 6.56. The molecule has 1 aliphatic rings. The number of rotatable bonds is 2. The van der Waals surface area contributed by atoms with Crippen molar-refractivity contribution in [2.75, 3.05) is 13.1 Å². The highest BCUT2D eigenvalue weighted by Crippen LogP contribution is 2.22. The van der Waals surface area contributed by atoms with Crippen LogP contribution in [0.3, 0.4) is 0 Å². The van der Waals surface area contributed by atoms with Crippen LogP contribution in [-0.2, 0) is 4.74 Å². The van der Waals surface area contributed by atoms with E-state index in [1.54, 1.807) is 12.4 Å². The summed E-state index contributed by atoms with van der Waals surface area (Å²) in [6, 6.07) is 4.03. The standard InChI is InChI=1S/C14H21N3O2/c1-14(2,3)19-13(18)17-12-9-16-8-11(12)10-4-6-15-7-5-10/h4-7,11-12,16H,8-9H2,1-3H3,(H,17,18)/t11-,12+/m0/s1. The van der Waals surface area contributed by atoms with Gasteiger partial charge in [0, 0.05) is 31.4 Å². The zero-order valence-corrected chi connectivity index (χ0v) is 11.6. The third-order valence-electron chi connectivity index (χ3n) is 3.05. The summed E-state index contributed by atoms with van der Waals surface area (Å²) in [5.74, 6) is 0.260. The Labute approximate surface area is 113 Å². The van der Waals surface area contributed by atoms with Crippen LogP contribution in [0.5, 0.6) is 0 Å².